The van der Waals surface area contributed by atoms with Crippen LogP contribution >= 0.6 is 0 Å². The molecule has 1 atom stereocenters. The number of rotatable bonds is 8. The van der Waals surface area contributed by atoms with Crippen LogP contribution in [0.1, 0.15) is 40.9 Å². The Hall–Kier alpha value is -3.86. The highest BCUT2D eigenvalue weighted by Crippen LogP contribution is 2.34. The highest BCUT2D eigenvalue weighted by atomic mass is 19.1. The molecule has 2 amide bonds. The van der Waals surface area contributed by atoms with Crippen LogP contribution in [0.4, 0.5) is 8.78 Å². The Balaban J connectivity index is 1.93. The molecule has 0 radical (unpaired) electrons. The molecule has 0 unspecified atom stereocenters. The van der Waals surface area contributed by atoms with Gasteiger partial charge in [0.2, 0.25) is 0 Å². The number of carbonyl (C=O) groups excluding carboxylic acids is 3. The SMILES string of the molecule is CCO[C@](OC(C)=O)(C(=O)NCc1ccc(C(=N)N)cc1)N1Cc2c(F)ccc(F)c2C1=O. The maximum atomic E-state index is 14.3. The van der Waals surface area contributed by atoms with Gasteiger partial charge in [0.1, 0.15) is 17.5 Å². The minimum Gasteiger partial charge on any atom is -0.405 e. The Labute approximate surface area is 188 Å². The summed E-state index contributed by atoms with van der Waals surface area (Å²) in [6, 6.07) is 8.06. The number of hydrogen-bond acceptors (Lipinski definition) is 6. The van der Waals surface area contributed by atoms with E-state index in [0.717, 1.165) is 19.1 Å². The maximum Gasteiger partial charge on any atom is 0.383 e. The van der Waals surface area contributed by atoms with Crippen molar-refractivity contribution in [1.82, 2.24) is 10.2 Å². The van der Waals surface area contributed by atoms with Crippen LogP contribution in [-0.2, 0) is 32.2 Å². The van der Waals surface area contributed by atoms with E-state index >= 15 is 0 Å². The van der Waals surface area contributed by atoms with Gasteiger partial charge >= 0.3 is 17.8 Å². The number of fused-ring (bicyclic) bond motifs is 1. The van der Waals surface area contributed by atoms with E-state index in [-0.39, 0.29) is 24.6 Å². The van der Waals surface area contributed by atoms with Crippen molar-refractivity contribution in [2.75, 3.05) is 6.61 Å². The molecular weight excluding hydrogens is 438 g/mol. The Morgan fingerprint density at radius 2 is 1.82 bits per heavy atom. The Kier molecular flexibility index (Phi) is 6.73. The molecule has 2 aromatic rings. The highest BCUT2D eigenvalue weighted by Gasteiger charge is 2.55. The quantitative estimate of drug-likeness (QED) is 0.238. The minimum absolute atomic E-state index is 0.0647. The van der Waals surface area contributed by atoms with Crippen molar-refractivity contribution in [3.8, 4) is 0 Å². The smallest absolute Gasteiger partial charge is 0.383 e. The van der Waals surface area contributed by atoms with Crippen molar-refractivity contribution in [2.45, 2.75) is 32.8 Å². The van der Waals surface area contributed by atoms with Gasteiger partial charge in [-0.25, -0.2) is 8.78 Å². The maximum absolute atomic E-state index is 14.3. The molecule has 1 aliphatic rings. The van der Waals surface area contributed by atoms with Gasteiger partial charge in [-0.3, -0.25) is 24.7 Å². The van der Waals surface area contributed by atoms with Crippen LogP contribution in [-0.4, -0.2) is 41.0 Å². The zero-order valence-corrected chi connectivity index (χ0v) is 17.9. The highest BCUT2D eigenvalue weighted by molar-refractivity contribution is 6.02. The topological polar surface area (TPSA) is 135 Å². The molecule has 0 spiro atoms. The van der Waals surface area contributed by atoms with Gasteiger partial charge in [0.25, 0.3) is 5.91 Å². The molecular formula is C22H22F2N4O5. The van der Waals surface area contributed by atoms with Gasteiger partial charge in [0.05, 0.1) is 18.7 Å². The molecule has 33 heavy (non-hydrogen) atoms. The molecule has 11 heteroatoms. The molecule has 174 valence electrons. The van der Waals surface area contributed by atoms with Gasteiger partial charge in [-0.05, 0) is 24.6 Å². The summed E-state index contributed by atoms with van der Waals surface area (Å²) < 4.78 is 39.3. The number of nitrogens with two attached hydrogens (primary N) is 1. The van der Waals surface area contributed by atoms with E-state index < -0.39 is 47.4 Å². The van der Waals surface area contributed by atoms with Gasteiger partial charge in [0, 0.05) is 24.6 Å². The second-order valence-corrected chi connectivity index (χ2v) is 7.18. The number of benzene rings is 2. The molecule has 1 heterocycles. The summed E-state index contributed by atoms with van der Waals surface area (Å²) in [5.41, 5.74) is 5.68. The average Bonchev–Trinajstić information content (AvgIpc) is 3.13. The molecule has 0 aromatic heterocycles. The normalized spacial score (nSPS) is 14.4. The minimum atomic E-state index is -2.59. The monoisotopic (exact) mass is 460 g/mol. The lowest BCUT2D eigenvalue weighted by atomic mass is 10.1. The number of ether oxygens (including phenoxy) is 2. The number of esters is 1. The zero-order chi connectivity index (χ0) is 24.3. The molecule has 0 bridgehead atoms. The van der Waals surface area contributed by atoms with Gasteiger partial charge in [-0.1, -0.05) is 24.3 Å². The van der Waals surface area contributed by atoms with Crippen LogP contribution in [0.2, 0.25) is 0 Å². The molecule has 0 fully saturated rings. The molecule has 0 saturated heterocycles. The van der Waals surface area contributed by atoms with Crippen LogP contribution in [0, 0.1) is 17.0 Å². The fourth-order valence-electron chi connectivity index (χ4n) is 3.47. The number of halogens is 2. The number of nitrogen functional groups attached to an aromatic ring is 1. The lowest BCUT2D eigenvalue weighted by Gasteiger charge is -2.37. The number of nitrogens with zero attached hydrogens (tertiary/aromatic N) is 1. The van der Waals surface area contributed by atoms with Gasteiger partial charge < -0.3 is 20.5 Å². The Bertz CT molecular complexity index is 1120. The largest absolute Gasteiger partial charge is 0.405 e. The molecule has 0 saturated carbocycles. The summed E-state index contributed by atoms with van der Waals surface area (Å²) in [4.78, 5) is 38.8. The van der Waals surface area contributed by atoms with Gasteiger partial charge in [0.15, 0.2) is 0 Å². The van der Waals surface area contributed by atoms with E-state index in [1.165, 1.54) is 6.92 Å². The summed E-state index contributed by atoms with van der Waals surface area (Å²) in [6.07, 6.45) is 0. The van der Waals surface area contributed by atoms with Gasteiger partial charge in [-0.2, -0.15) is 0 Å². The first-order valence-electron chi connectivity index (χ1n) is 9.94. The van der Waals surface area contributed by atoms with Crippen molar-refractivity contribution < 1.29 is 32.6 Å². The van der Waals surface area contributed by atoms with E-state index in [1.54, 1.807) is 24.3 Å². The number of amides is 2. The zero-order valence-electron chi connectivity index (χ0n) is 17.9. The third-order valence-corrected chi connectivity index (χ3v) is 4.96. The summed E-state index contributed by atoms with van der Waals surface area (Å²) in [6.45, 7) is 1.73. The van der Waals surface area contributed by atoms with E-state index in [1.807, 2.05) is 0 Å². The first-order valence-corrected chi connectivity index (χ1v) is 9.94. The fraction of sp³-hybridized carbons (Fsp3) is 0.273. The first-order chi connectivity index (χ1) is 15.6. The fourth-order valence-corrected chi connectivity index (χ4v) is 3.47. The van der Waals surface area contributed by atoms with Crippen molar-refractivity contribution >= 4 is 23.6 Å². The predicted octanol–water partition coefficient (Wildman–Crippen LogP) is 1.77. The molecule has 9 nitrogen and oxygen atoms in total. The molecule has 2 aromatic carbocycles. The van der Waals surface area contributed by atoms with Crippen molar-refractivity contribution in [3.05, 3.63) is 70.3 Å². The number of nitrogens with one attached hydrogen (secondary N) is 2. The summed E-state index contributed by atoms with van der Waals surface area (Å²) >= 11 is 0. The number of amidine groups is 1. The number of hydrogen-bond donors (Lipinski definition) is 3. The second-order valence-electron chi connectivity index (χ2n) is 7.18. The van der Waals surface area contributed by atoms with Crippen LogP contribution in [0.5, 0.6) is 0 Å². The second kappa shape index (κ2) is 9.33. The van der Waals surface area contributed by atoms with Crippen LogP contribution < -0.4 is 11.1 Å². The third kappa shape index (κ3) is 4.53. The Morgan fingerprint density at radius 3 is 2.36 bits per heavy atom. The third-order valence-electron chi connectivity index (χ3n) is 4.96. The lowest BCUT2D eigenvalue weighted by Crippen LogP contribution is -2.63. The standard InChI is InChI=1S/C22H22F2N4O5/c1-3-32-22(33-12(2)29,21(31)27-10-13-4-6-14(7-5-13)19(25)26)28-11-15-16(23)8-9-17(24)18(15)20(28)30/h4-9H,3,10-11H2,1-2H3,(H3,25,26)(H,27,31)/t22-/m0/s1. The van der Waals surface area contributed by atoms with Crippen LogP contribution in [0.15, 0.2) is 36.4 Å². The lowest BCUT2D eigenvalue weighted by molar-refractivity contribution is -0.272. The summed E-state index contributed by atoms with van der Waals surface area (Å²) in [5, 5.41) is 9.95. The van der Waals surface area contributed by atoms with Crippen molar-refractivity contribution in [1.29, 1.82) is 5.41 Å². The van der Waals surface area contributed by atoms with Crippen LogP contribution in [0.25, 0.3) is 0 Å². The van der Waals surface area contributed by atoms with E-state index in [9.17, 15) is 23.2 Å². The molecule has 1 aliphatic heterocycles. The number of carbonyl (C=O) groups is 3. The van der Waals surface area contributed by atoms with Gasteiger partial charge in [-0.15, -0.1) is 0 Å². The summed E-state index contributed by atoms with van der Waals surface area (Å²) in [5.74, 6) is -7.56. The molecule has 3 rings (SSSR count). The predicted molar refractivity (Wildman–Crippen MR) is 112 cm³/mol. The molecule has 0 aliphatic carbocycles. The summed E-state index contributed by atoms with van der Waals surface area (Å²) in [7, 11) is 0. The van der Waals surface area contributed by atoms with Crippen molar-refractivity contribution in [3.63, 3.8) is 0 Å². The van der Waals surface area contributed by atoms with Crippen LogP contribution in [0.3, 0.4) is 0 Å². The first kappa shape index (κ1) is 23.8. The molecule has 4 N–H and O–H groups in total. The van der Waals surface area contributed by atoms with E-state index in [4.69, 9.17) is 20.6 Å². The van der Waals surface area contributed by atoms with Crippen molar-refractivity contribution in [2.24, 2.45) is 5.73 Å². The average molecular weight is 460 g/mol. The van der Waals surface area contributed by atoms with E-state index in [0.29, 0.717) is 16.0 Å². The van der Waals surface area contributed by atoms with E-state index in [2.05, 4.69) is 5.32 Å². The Morgan fingerprint density at radius 1 is 1.18 bits per heavy atom.